The number of aromatic hydroxyl groups is 1. The monoisotopic (exact) mass is 486 g/mol. The van der Waals surface area contributed by atoms with Gasteiger partial charge in [-0.25, -0.2) is 4.79 Å². The molecule has 9 nitrogen and oxygen atoms in total. The van der Waals surface area contributed by atoms with E-state index in [4.69, 9.17) is 24.1 Å². The summed E-state index contributed by atoms with van der Waals surface area (Å²) >= 11 is 0. The van der Waals surface area contributed by atoms with Gasteiger partial charge in [-0.2, -0.15) is 0 Å². The number of carbonyl (C=O) groups is 3. The Hall–Kier alpha value is -3.75. The summed E-state index contributed by atoms with van der Waals surface area (Å²) in [7, 11) is 0. The van der Waals surface area contributed by atoms with E-state index in [0.29, 0.717) is 60.7 Å². The molecule has 0 saturated heterocycles. The third-order valence-corrected chi connectivity index (χ3v) is 5.60. The zero-order valence-electron chi connectivity index (χ0n) is 20.1. The quantitative estimate of drug-likeness (QED) is 0.258. The molecule has 0 radical (unpaired) electrons. The molecule has 0 fully saturated rings. The third-order valence-electron chi connectivity index (χ3n) is 5.60. The molecule has 0 aromatic heterocycles. The van der Waals surface area contributed by atoms with Crippen LogP contribution in [0.15, 0.2) is 24.3 Å². The van der Waals surface area contributed by atoms with Crippen LogP contribution in [0, 0.1) is 0 Å². The van der Waals surface area contributed by atoms with Crippen LogP contribution in [0.4, 0.5) is 4.79 Å². The molecule has 0 spiro atoms. The molecule has 2 aromatic carbocycles. The Morgan fingerprint density at radius 2 is 1.71 bits per heavy atom. The fourth-order valence-corrected chi connectivity index (χ4v) is 3.93. The minimum absolute atomic E-state index is 0.0431. The predicted octanol–water partition coefficient (Wildman–Crippen LogP) is 4.94. The highest BCUT2D eigenvalue weighted by molar-refractivity contribution is 5.98. The number of phenolic OH excluding ortho intramolecular Hbond substituents is 1. The summed E-state index contributed by atoms with van der Waals surface area (Å²) in [6.45, 7) is 5.37. The Morgan fingerprint density at radius 3 is 2.34 bits per heavy atom. The van der Waals surface area contributed by atoms with Crippen LogP contribution in [-0.2, 0) is 17.6 Å². The van der Waals surface area contributed by atoms with Crippen molar-refractivity contribution in [1.82, 2.24) is 0 Å². The lowest BCUT2D eigenvalue weighted by Crippen LogP contribution is -2.28. The summed E-state index contributed by atoms with van der Waals surface area (Å²) in [6, 6.07) is 6.53. The van der Waals surface area contributed by atoms with Crippen LogP contribution >= 0.6 is 0 Å². The van der Waals surface area contributed by atoms with Gasteiger partial charge in [-0.05, 0) is 50.5 Å². The van der Waals surface area contributed by atoms with E-state index < -0.39 is 12.4 Å². The molecule has 1 atom stereocenters. The van der Waals surface area contributed by atoms with Crippen molar-refractivity contribution in [1.29, 1.82) is 0 Å². The largest absolute Gasteiger partial charge is 0.508 e. The number of hydrogen-bond acceptors (Lipinski definition) is 8. The SMILES string of the molecule is CCCc1c(OCCCOc2cc3c(cc2C(C)=O)CCC(OC(=O)O)O3)ccc(C(C)=O)c1O. The average Bonchev–Trinajstić information content (AvgIpc) is 2.79. The van der Waals surface area contributed by atoms with Crippen LogP contribution in [0.5, 0.6) is 23.0 Å². The highest BCUT2D eigenvalue weighted by Crippen LogP contribution is 2.35. The zero-order chi connectivity index (χ0) is 25.5. The molecule has 0 saturated carbocycles. The number of rotatable bonds is 11. The van der Waals surface area contributed by atoms with Crippen LogP contribution in [0.1, 0.15) is 71.9 Å². The summed E-state index contributed by atoms with van der Waals surface area (Å²) in [5.41, 5.74) is 2.07. The number of phenols is 1. The molecule has 3 rings (SSSR count). The lowest BCUT2D eigenvalue weighted by molar-refractivity contribution is -0.0635. The van der Waals surface area contributed by atoms with Crippen molar-refractivity contribution in [2.24, 2.45) is 0 Å². The van der Waals surface area contributed by atoms with Crippen LogP contribution in [-0.4, -0.2) is 47.4 Å². The van der Waals surface area contributed by atoms with E-state index in [2.05, 4.69) is 0 Å². The van der Waals surface area contributed by atoms with E-state index in [1.165, 1.54) is 13.8 Å². The summed E-state index contributed by atoms with van der Waals surface area (Å²) in [6.07, 6.45) is 0.382. The first-order chi connectivity index (χ1) is 16.7. The van der Waals surface area contributed by atoms with Crippen LogP contribution in [0.3, 0.4) is 0 Å². The molecule has 0 aliphatic carbocycles. The van der Waals surface area contributed by atoms with E-state index >= 15 is 0 Å². The number of hydrogen-bond donors (Lipinski definition) is 2. The number of carboxylic acid groups (broad SMARTS) is 1. The minimum Gasteiger partial charge on any atom is -0.507 e. The van der Waals surface area contributed by atoms with E-state index in [-0.39, 0.29) is 29.5 Å². The van der Waals surface area contributed by atoms with E-state index in [0.717, 1.165) is 12.0 Å². The molecule has 0 bridgehead atoms. The standard InChI is InChI=1S/C26H30O9/c1-4-6-19-21(9-8-18(15(2)27)25(19)29)32-11-5-12-33-23-14-22-17(13-20(23)16(3)28)7-10-24(34-22)35-26(30)31/h8-9,13-14,24,29H,4-7,10-12H2,1-3H3,(H,30,31). The molecule has 9 heteroatoms. The highest BCUT2D eigenvalue weighted by atomic mass is 16.8. The molecular weight excluding hydrogens is 456 g/mol. The van der Waals surface area contributed by atoms with E-state index in [9.17, 15) is 19.5 Å². The first kappa shape index (κ1) is 25.9. The number of ether oxygens (including phenoxy) is 4. The molecule has 188 valence electrons. The summed E-state index contributed by atoms with van der Waals surface area (Å²) in [5, 5.41) is 19.3. The van der Waals surface area contributed by atoms with Gasteiger partial charge in [0, 0.05) is 24.5 Å². The van der Waals surface area contributed by atoms with Crippen LogP contribution in [0.2, 0.25) is 0 Å². The van der Waals surface area contributed by atoms with Crippen molar-refractivity contribution in [3.05, 3.63) is 46.5 Å². The summed E-state index contributed by atoms with van der Waals surface area (Å²) < 4.78 is 22.0. The van der Waals surface area contributed by atoms with Gasteiger partial charge in [0.2, 0.25) is 6.29 Å². The fourth-order valence-electron chi connectivity index (χ4n) is 3.93. The summed E-state index contributed by atoms with van der Waals surface area (Å²) in [5.74, 6) is 0.861. The van der Waals surface area contributed by atoms with Crippen molar-refractivity contribution in [3.63, 3.8) is 0 Å². The number of carbonyl (C=O) groups excluding carboxylic acids is 2. The van der Waals surface area contributed by atoms with Gasteiger partial charge < -0.3 is 29.2 Å². The second kappa shape index (κ2) is 11.6. The van der Waals surface area contributed by atoms with Crippen molar-refractivity contribution in [3.8, 4) is 23.0 Å². The first-order valence-corrected chi connectivity index (χ1v) is 11.6. The Bertz CT molecular complexity index is 1110. The third kappa shape index (κ3) is 6.44. The minimum atomic E-state index is -1.42. The average molecular weight is 487 g/mol. The van der Waals surface area contributed by atoms with Crippen molar-refractivity contribution in [2.75, 3.05) is 13.2 Å². The van der Waals surface area contributed by atoms with Crippen LogP contribution < -0.4 is 14.2 Å². The summed E-state index contributed by atoms with van der Waals surface area (Å²) in [4.78, 5) is 34.7. The molecule has 2 aromatic rings. The smallest absolute Gasteiger partial charge is 0.507 e. The maximum atomic E-state index is 12.1. The van der Waals surface area contributed by atoms with Gasteiger partial charge in [-0.3, -0.25) is 9.59 Å². The Morgan fingerprint density at radius 1 is 1.03 bits per heavy atom. The number of aryl methyl sites for hydroxylation is 1. The Labute approximate surface area is 203 Å². The lowest BCUT2D eigenvalue weighted by atomic mass is 10.00. The van der Waals surface area contributed by atoms with Gasteiger partial charge in [0.05, 0.1) is 24.3 Å². The molecule has 1 unspecified atom stereocenters. The molecule has 1 heterocycles. The predicted molar refractivity (Wildman–Crippen MR) is 126 cm³/mol. The Kier molecular flexibility index (Phi) is 8.57. The molecule has 1 aliphatic rings. The topological polar surface area (TPSA) is 129 Å². The van der Waals surface area contributed by atoms with Crippen molar-refractivity contribution < 1.29 is 43.5 Å². The molecule has 2 N–H and O–H groups in total. The van der Waals surface area contributed by atoms with Gasteiger partial charge in [-0.15, -0.1) is 0 Å². The number of fused-ring (bicyclic) bond motifs is 1. The van der Waals surface area contributed by atoms with Gasteiger partial charge >= 0.3 is 6.16 Å². The lowest BCUT2D eigenvalue weighted by Gasteiger charge is -2.26. The molecule has 1 aliphatic heterocycles. The zero-order valence-corrected chi connectivity index (χ0v) is 20.1. The first-order valence-electron chi connectivity index (χ1n) is 11.6. The fraction of sp³-hybridized carbons (Fsp3) is 0.423. The number of Topliss-reactive ketones (excluding diaryl/α,β-unsaturated/α-hetero) is 2. The van der Waals surface area contributed by atoms with Crippen molar-refractivity contribution in [2.45, 2.75) is 59.2 Å². The maximum Gasteiger partial charge on any atom is 0.508 e. The second-order valence-electron chi connectivity index (χ2n) is 8.28. The van der Waals surface area contributed by atoms with E-state index in [1.54, 1.807) is 24.3 Å². The Balaban J connectivity index is 1.63. The van der Waals surface area contributed by atoms with Gasteiger partial charge in [0.1, 0.15) is 23.0 Å². The maximum absolute atomic E-state index is 12.1. The second-order valence-corrected chi connectivity index (χ2v) is 8.28. The van der Waals surface area contributed by atoms with Gasteiger partial charge in [0.25, 0.3) is 0 Å². The van der Waals surface area contributed by atoms with Gasteiger partial charge in [0.15, 0.2) is 11.6 Å². The number of benzene rings is 2. The molecule has 35 heavy (non-hydrogen) atoms. The van der Waals surface area contributed by atoms with Gasteiger partial charge in [-0.1, -0.05) is 13.3 Å². The molecular formula is C26H30O9. The van der Waals surface area contributed by atoms with Crippen LogP contribution in [0.25, 0.3) is 0 Å². The normalized spacial score (nSPS) is 14.4. The number of ketones is 2. The van der Waals surface area contributed by atoms with Crippen molar-refractivity contribution >= 4 is 17.7 Å². The highest BCUT2D eigenvalue weighted by Gasteiger charge is 2.25. The molecule has 0 amide bonds. The van der Waals surface area contributed by atoms with E-state index in [1.807, 2.05) is 6.92 Å².